The Morgan fingerprint density at radius 3 is 2.55 bits per heavy atom. The van der Waals surface area contributed by atoms with E-state index in [1.165, 1.54) is 5.56 Å². The third-order valence-electron chi connectivity index (χ3n) is 3.66. The second-order valence-corrected chi connectivity index (χ2v) is 6.66. The fourth-order valence-electron chi connectivity index (χ4n) is 2.61. The van der Waals surface area contributed by atoms with E-state index in [-0.39, 0.29) is 11.5 Å². The summed E-state index contributed by atoms with van der Waals surface area (Å²) in [5.74, 6) is 1.26. The van der Waals surface area contributed by atoms with E-state index in [1.54, 1.807) is 12.4 Å². The fraction of sp³-hybridized carbons (Fsp3) is 0.333. The van der Waals surface area contributed by atoms with Gasteiger partial charge in [0.25, 0.3) is 0 Å². The Kier molecular flexibility index (Phi) is 3.61. The van der Waals surface area contributed by atoms with Crippen molar-refractivity contribution in [1.29, 1.82) is 0 Å². The van der Waals surface area contributed by atoms with Crippen molar-refractivity contribution in [3.8, 4) is 0 Å². The van der Waals surface area contributed by atoms with Crippen molar-refractivity contribution < 1.29 is 0 Å². The van der Waals surface area contributed by atoms with Crippen molar-refractivity contribution in [3.05, 3.63) is 60.2 Å². The van der Waals surface area contributed by atoms with E-state index < -0.39 is 0 Å². The normalized spacial score (nSPS) is 13.3. The lowest BCUT2D eigenvalue weighted by atomic mass is 9.97. The molecule has 0 spiro atoms. The molecule has 1 aromatic carbocycles. The highest BCUT2D eigenvalue weighted by molar-refractivity contribution is 5.57. The summed E-state index contributed by atoms with van der Waals surface area (Å²) in [6, 6.07) is 10.5. The number of imidazole rings is 1. The van der Waals surface area contributed by atoms with Gasteiger partial charge >= 0.3 is 0 Å². The first kappa shape index (κ1) is 14.6. The first-order chi connectivity index (χ1) is 10.5. The van der Waals surface area contributed by atoms with Crippen LogP contribution < -0.4 is 5.32 Å². The summed E-state index contributed by atoms with van der Waals surface area (Å²) in [4.78, 5) is 9.00. The van der Waals surface area contributed by atoms with Gasteiger partial charge in [0.1, 0.15) is 5.82 Å². The predicted molar refractivity (Wildman–Crippen MR) is 90.3 cm³/mol. The van der Waals surface area contributed by atoms with Crippen LogP contribution in [0.1, 0.15) is 44.9 Å². The molecule has 0 bridgehead atoms. The van der Waals surface area contributed by atoms with Gasteiger partial charge in [-0.1, -0.05) is 37.3 Å². The van der Waals surface area contributed by atoms with Crippen LogP contribution in [0.5, 0.6) is 0 Å². The third-order valence-corrected chi connectivity index (χ3v) is 3.66. The second kappa shape index (κ2) is 5.44. The highest BCUT2D eigenvalue weighted by Gasteiger charge is 2.22. The molecular formula is C18H22N4. The Balaban J connectivity index is 2.14. The maximum absolute atomic E-state index is 4.81. The molecular weight excluding hydrogens is 272 g/mol. The van der Waals surface area contributed by atoms with Gasteiger partial charge < -0.3 is 5.32 Å². The van der Waals surface area contributed by atoms with Gasteiger partial charge in [-0.25, -0.2) is 4.98 Å². The van der Waals surface area contributed by atoms with E-state index in [4.69, 9.17) is 4.98 Å². The van der Waals surface area contributed by atoms with Gasteiger partial charge in [0.15, 0.2) is 5.65 Å². The summed E-state index contributed by atoms with van der Waals surface area (Å²) >= 11 is 0. The molecule has 0 fully saturated rings. The Bertz CT molecular complexity index is 769. The van der Waals surface area contributed by atoms with Gasteiger partial charge in [0.05, 0.1) is 11.9 Å². The van der Waals surface area contributed by atoms with E-state index in [0.29, 0.717) is 0 Å². The lowest BCUT2D eigenvalue weighted by molar-refractivity contribution is 0.626. The largest absolute Gasteiger partial charge is 0.365 e. The molecule has 2 aromatic heterocycles. The molecule has 3 rings (SSSR count). The topological polar surface area (TPSA) is 42.2 Å². The quantitative estimate of drug-likeness (QED) is 0.791. The minimum absolute atomic E-state index is 0.0373. The fourth-order valence-corrected chi connectivity index (χ4v) is 2.61. The van der Waals surface area contributed by atoms with E-state index >= 15 is 0 Å². The molecule has 2 heterocycles. The number of anilines is 1. The van der Waals surface area contributed by atoms with Crippen LogP contribution in [0.15, 0.2) is 48.9 Å². The molecule has 0 aliphatic rings. The van der Waals surface area contributed by atoms with Crippen molar-refractivity contribution in [3.63, 3.8) is 0 Å². The van der Waals surface area contributed by atoms with Crippen LogP contribution in [-0.4, -0.2) is 19.9 Å². The summed E-state index contributed by atoms with van der Waals surface area (Å²) in [5, 5.41) is 3.60. The van der Waals surface area contributed by atoms with E-state index in [1.807, 2.05) is 12.3 Å². The lowest BCUT2D eigenvalue weighted by Gasteiger charge is -2.23. The molecule has 0 saturated heterocycles. The number of benzene rings is 1. The van der Waals surface area contributed by atoms with Crippen LogP contribution in [0.25, 0.3) is 5.65 Å². The molecule has 0 radical (unpaired) electrons. The zero-order valence-corrected chi connectivity index (χ0v) is 13.5. The van der Waals surface area contributed by atoms with Crippen molar-refractivity contribution >= 4 is 11.5 Å². The summed E-state index contributed by atoms with van der Waals surface area (Å²) < 4.78 is 2.08. The molecule has 0 aliphatic heterocycles. The summed E-state index contributed by atoms with van der Waals surface area (Å²) in [6.45, 7) is 8.66. The van der Waals surface area contributed by atoms with Crippen molar-refractivity contribution in [2.75, 3.05) is 5.32 Å². The van der Waals surface area contributed by atoms with E-state index in [2.05, 4.69) is 66.7 Å². The van der Waals surface area contributed by atoms with Crippen LogP contribution in [0.2, 0.25) is 0 Å². The van der Waals surface area contributed by atoms with Gasteiger partial charge in [-0.05, 0) is 26.3 Å². The molecule has 1 N–H and O–H groups in total. The van der Waals surface area contributed by atoms with Crippen LogP contribution >= 0.6 is 0 Å². The number of hydrogen-bond acceptors (Lipinski definition) is 3. The maximum atomic E-state index is 4.81. The number of nitrogens with zero attached hydrogens (tertiary/aromatic N) is 3. The first-order valence-electron chi connectivity index (χ1n) is 7.61. The molecule has 0 aliphatic carbocycles. The predicted octanol–water partition coefficient (Wildman–Crippen LogP) is 4.09. The summed E-state index contributed by atoms with van der Waals surface area (Å²) in [5.41, 5.74) is 3.14. The van der Waals surface area contributed by atoms with Crippen LogP contribution in [0, 0.1) is 0 Å². The second-order valence-electron chi connectivity index (χ2n) is 6.66. The van der Waals surface area contributed by atoms with Crippen molar-refractivity contribution in [2.45, 2.75) is 39.2 Å². The molecule has 4 nitrogen and oxygen atoms in total. The van der Waals surface area contributed by atoms with Gasteiger partial charge in [-0.3, -0.25) is 9.38 Å². The van der Waals surface area contributed by atoms with Crippen LogP contribution in [0.4, 0.5) is 5.82 Å². The number of rotatable bonds is 3. The average Bonchev–Trinajstić information content (AvgIpc) is 2.84. The van der Waals surface area contributed by atoms with Gasteiger partial charge in [0, 0.05) is 23.9 Å². The number of nitrogens with one attached hydrogen (secondary N) is 1. The molecule has 114 valence electrons. The monoisotopic (exact) mass is 294 g/mol. The van der Waals surface area contributed by atoms with Crippen molar-refractivity contribution in [1.82, 2.24) is 14.4 Å². The minimum atomic E-state index is -0.0373. The molecule has 1 unspecified atom stereocenters. The zero-order valence-electron chi connectivity index (χ0n) is 13.5. The van der Waals surface area contributed by atoms with E-state index in [0.717, 1.165) is 17.2 Å². The average molecular weight is 294 g/mol. The highest BCUT2D eigenvalue weighted by Crippen LogP contribution is 2.31. The first-order valence-corrected chi connectivity index (χ1v) is 7.61. The lowest BCUT2D eigenvalue weighted by Crippen LogP contribution is -2.27. The van der Waals surface area contributed by atoms with E-state index in [9.17, 15) is 0 Å². The van der Waals surface area contributed by atoms with Gasteiger partial charge in [-0.2, -0.15) is 0 Å². The Morgan fingerprint density at radius 2 is 1.86 bits per heavy atom. The molecule has 1 atom stereocenters. The highest BCUT2D eigenvalue weighted by atomic mass is 15.2. The third kappa shape index (κ3) is 2.82. The number of hydrogen-bond donors (Lipinski definition) is 1. The molecule has 4 heteroatoms. The summed E-state index contributed by atoms with van der Waals surface area (Å²) in [7, 11) is 0. The number of aromatic nitrogens is 3. The number of fused-ring (bicyclic) bond motifs is 1. The van der Waals surface area contributed by atoms with Crippen LogP contribution in [0.3, 0.4) is 0 Å². The Morgan fingerprint density at radius 1 is 1.14 bits per heavy atom. The Labute approximate surface area is 131 Å². The summed E-state index contributed by atoms with van der Waals surface area (Å²) in [6.07, 6.45) is 5.55. The van der Waals surface area contributed by atoms with Gasteiger partial charge in [-0.15, -0.1) is 0 Å². The minimum Gasteiger partial charge on any atom is -0.365 e. The van der Waals surface area contributed by atoms with Gasteiger partial charge in [0.2, 0.25) is 0 Å². The Hall–Kier alpha value is -2.36. The van der Waals surface area contributed by atoms with Crippen molar-refractivity contribution in [2.24, 2.45) is 0 Å². The molecule has 0 saturated carbocycles. The SMILES string of the molecule is CC(c1ccccc1)c1nc2cnccn2c1NC(C)(C)C. The molecule has 0 amide bonds. The zero-order chi connectivity index (χ0) is 15.7. The standard InChI is InChI=1S/C18H22N4/c1-13(14-8-6-5-7-9-14)16-17(21-18(2,3)4)22-11-10-19-12-15(22)20-16/h5-13,21H,1-4H3. The molecule has 22 heavy (non-hydrogen) atoms. The maximum Gasteiger partial charge on any atom is 0.157 e. The smallest absolute Gasteiger partial charge is 0.157 e. The molecule has 3 aromatic rings. The van der Waals surface area contributed by atoms with Crippen LogP contribution in [-0.2, 0) is 0 Å².